The Morgan fingerprint density at radius 3 is 1.86 bits per heavy atom. The zero-order valence-electron chi connectivity index (χ0n) is 20.7. The molecule has 0 radical (unpaired) electrons. The average molecular weight is 470 g/mol. The summed E-state index contributed by atoms with van der Waals surface area (Å²) in [5.74, 6) is 0.614. The Hall–Kier alpha value is -4.24. The van der Waals surface area contributed by atoms with E-state index in [0.29, 0.717) is 5.92 Å². The van der Waals surface area contributed by atoms with Gasteiger partial charge < -0.3 is 13.4 Å². The first-order valence-corrected chi connectivity index (χ1v) is 12.6. The number of para-hydroxylation sites is 1. The molecular formula is C33H27NO2. The molecule has 0 N–H and O–H groups in total. The van der Waals surface area contributed by atoms with Crippen LogP contribution in [0, 0.1) is 5.92 Å². The second kappa shape index (κ2) is 7.89. The van der Waals surface area contributed by atoms with Crippen LogP contribution in [0.1, 0.15) is 19.4 Å². The zero-order chi connectivity index (χ0) is 24.4. The third kappa shape index (κ3) is 3.20. The van der Waals surface area contributed by atoms with Crippen LogP contribution in [0.3, 0.4) is 0 Å². The third-order valence-electron chi connectivity index (χ3n) is 7.28. The third-order valence-corrected chi connectivity index (χ3v) is 7.28. The van der Waals surface area contributed by atoms with Crippen molar-refractivity contribution in [2.75, 3.05) is 0 Å². The molecular weight excluding hydrogens is 442 g/mol. The highest BCUT2D eigenvalue weighted by Gasteiger charge is 2.16. The van der Waals surface area contributed by atoms with Gasteiger partial charge in [-0.05, 0) is 72.5 Å². The summed E-state index contributed by atoms with van der Waals surface area (Å²) in [5.41, 5.74) is 7.20. The molecule has 0 fully saturated rings. The minimum atomic E-state index is 0.614. The first kappa shape index (κ1) is 21.1. The number of benzene rings is 4. The van der Waals surface area contributed by atoms with E-state index in [1.165, 1.54) is 27.4 Å². The van der Waals surface area contributed by atoms with Gasteiger partial charge in [0, 0.05) is 50.4 Å². The largest absolute Gasteiger partial charge is 0.456 e. The Labute approximate surface area is 208 Å². The number of aryl methyl sites for hydroxylation is 1. The lowest BCUT2D eigenvalue weighted by atomic mass is 10.0. The highest BCUT2D eigenvalue weighted by atomic mass is 16.3. The Bertz CT molecular complexity index is 2010. The molecule has 176 valence electrons. The van der Waals surface area contributed by atoms with Crippen LogP contribution in [0.15, 0.2) is 99.8 Å². The predicted molar refractivity (Wildman–Crippen MR) is 151 cm³/mol. The normalized spacial score (nSPS) is 12.1. The molecule has 7 aromatic rings. The van der Waals surface area contributed by atoms with E-state index < -0.39 is 0 Å². The van der Waals surface area contributed by atoms with Gasteiger partial charge in [-0.15, -0.1) is 0 Å². The average Bonchev–Trinajstić information content (AvgIpc) is 3.01. The van der Waals surface area contributed by atoms with Crippen molar-refractivity contribution in [3.8, 4) is 0 Å². The molecule has 0 bridgehead atoms. The second-order valence-corrected chi connectivity index (χ2v) is 10.2. The Morgan fingerprint density at radius 2 is 1.19 bits per heavy atom. The fourth-order valence-electron chi connectivity index (χ4n) is 5.61. The smallest absolute Gasteiger partial charge is 0.135 e. The summed E-state index contributed by atoms with van der Waals surface area (Å²) in [7, 11) is 2.13. The van der Waals surface area contributed by atoms with Gasteiger partial charge in [0.25, 0.3) is 0 Å². The topological polar surface area (TPSA) is 31.2 Å². The fraction of sp³-hybridized carbons (Fsp3) is 0.152. The molecule has 0 aliphatic heterocycles. The Balaban J connectivity index is 1.63. The number of aromatic nitrogens is 1. The number of hydrogen-bond acceptors (Lipinski definition) is 2. The van der Waals surface area contributed by atoms with Crippen molar-refractivity contribution in [1.29, 1.82) is 0 Å². The van der Waals surface area contributed by atoms with Crippen LogP contribution in [0.2, 0.25) is 0 Å². The van der Waals surface area contributed by atoms with E-state index in [2.05, 4.69) is 98.3 Å². The molecule has 0 spiro atoms. The van der Waals surface area contributed by atoms with Crippen molar-refractivity contribution < 1.29 is 8.83 Å². The van der Waals surface area contributed by atoms with Crippen molar-refractivity contribution in [3.63, 3.8) is 0 Å². The number of nitrogens with zero attached hydrogens (tertiary/aromatic N) is 1. The lowest BCUT2D eigenvalue weighted by molar-refractivity contribution is 0.645. The van der Waals surface area contributed by atoms with Gasteiger partial charge in [-0.3, -0.25) is 0 Å². The molecule has 3 nitrogen and oxygen atoms in total. The SMILES string of the molecule is CC(C)Cc1ccc2oc3ccc4c(c3ccc2c1)c1c2ccc3ccccc3oc2ccc1n4C. The molecule has 0 atom stereocenters. The van der Waals surface area contributed by atoms with E-state index in [1.807, 2.05) is 18.2 Å². The van der Waals surface area contributed by atoms with Crippen LogP contribution >= 0.6 is 0 Å². The summed E-state index contributed by atoms with van der Waals surface area (Å²) in [6.45, 7) is 4.51. The molecule has 3 heterocycles. The summed E-state index contributed by atoms with van der Waals surface area (Å²) in [6.07, 6.45) is 1.06. The Morgan fingerprint density at radius 1 is 0.611 bits per heavy atom. The van der Waals surface area contributed by atoms with Crippen molar-refractivity contribution in [2.24, 2.45) is 13.0 Å². The molecule has 0 amide bonds. The molecule has 3 aromatic heterocycles. The Kier molecular flexibility index (Phi) is 4.62. The molecule has 36 heavy (non-hydrogen) atoms. The molecule has 4 aromatic carbocycles. The summed E-state index contributed by atoms with van der Waals surface area (Å²) in [5, 5.41) is 6.77. The van der Waals surface area contributed by atoms with Crippen molar-refractivity contribution in [2.45, 2.75) is 20.3 Å². The van der Waals surface area contributed by atoms with E-state index >= 15 is 0 Å². The predicted octanol–water partition coefficient (Wildman–Crippen LogP) is 9.45. The summed E-state index contributed by atoms with van der Waals surface area (Å²) < 4.78 is 15.2. The summed E-state index contributed by atoms with van der Waals surface area (Å²) >= 11 is 0. The number of hydrogen-bond donors (Lipinski definition) is 0. The van der Waals surface area contributed by atoms with Gasteiger partial charge in [0.2, 0.25) is 0 Å². The van der Waals surface area contributed by atoms with Crippen LogP contribution in [0.25, 0.3) is 65.7 Å². The van der Waals surface area contributed by atoms with Gasteiger partial charge in [0.1, 0.15) is 22.3 Å². The van der Waals surface area contributed by atoms with E-state index in [1.54, 1.807) is 0 Å². The van der Waals surface area contributed by atoms with E-state index in [0.717, 1.165) is 50.3 Å². The molecule has 0 aliphatic rings. The first-order chi connectivity index (χ1) is 17.6. The van der Waals surface area contributed by atoms with Gasteiger partial charge in [-0.2, -0.15) is 0 Å². The molecule has 7 rings (SSSR count). The van der Waals surface area contributed by atoms with Gasteiger partial charge in [0.05, 0.1) is 0 Å². The van der Waals surface area contributed by atoms with Crippen molar-refractivity contribution >= 4 is 65.7 Å². The van der Waals surface area contributed by atoms with Gasteiger partial charge in [-0.1, -0.05) is 50.2 Å². The number of fused-ring (bicyclic) bond motifs is 9. The summed E-state index contributed by atoms with van der Waals surface area (Å²) in [4.78, 5) is 0. The molecule has 0 saturated carbocycles. The van der Waals surface area contributed by atoms with Crippen LogP contribution in [0.4, 0.5) is 0 Å². The molecule has 0 saturated heterocycles. The minimum absolute atomic E-state index is 0.614. The first-order valence-electron chi connectivity index (χ1n) is 12.6. The maximum Gasteiger partial charge on any atom is 0.135 e. The van der Waals surface area contributed by atoms with Gasteiger partial charge >= 0.3 is 0 Å². The lowest BCUT2D eigenvalue weighted by Crippen LogP contribution is -1.93. The van der Waals surface area contributed by atoms with Crippen LogP contribution in [0.5, 0.6) is 0 Å². The number of rotatable bonds is 2. The molecule has 0 aliphatic carbocycles. The highest BCUT2D eigenvalue weighted by Crippen LogP contribution is 2.39. The maximum absolute atomic E-state index is 6.53. The zero-order valence-corrected chi connectivity index (χ0v) is 20.7. The van der Waals surface area contributed by atoms with Crippen LogP contribution in [-0.2, 0) is 13.5 Å². The quantitative estimate of drug-likeness (QED) is 0.252. The maximum atomic E-state index is 6.53. The fourth-order valence-corrected chi connectivity index (χ4v) is 5.61. The van der Waals surface area contributed by atoms with Crippen LogP contribution in [-0.4, -0.2) is 4.57 Å². The van der Waals surface area contributed by atoms with Crippen molar-refractivity contribution in [3.05, 3.63) is 96.6 Å². The monoisotopic (exact) mass is 469 g/mol. The van der Waals surface area contributed by atoms with Crippen LogP contribution < -0.4 is 0 Å². The minimum Gasteiger partial charge on any atom is -0.456 e. The van der Waals surface area contributed by atoms with Crippen molar-refractivity contribution in [1.82, 2.24) is 4.57 Å². The van der Waals surface area contributed by atoms with E-state index in [-0.39, 0.29) is 0 Å². The molecule has 3 heteroatoms. The lowest BCUT2D eigenvalue weighted by Gasteiger charge is -2.04. The summed E-state index contributed by atoms with van der Waals surface area (Å²) in [6, 6.07) is 32.0. The second-order valence-electron chi connectivity index (χ2n) is 10.2. The molecule has 0 unspecified atom stereocenters. The van der Waals surface area contributed by atoms with Gasteiger partial charge in [0.15, 0.2) is 0 Å². The van der Waals surface area contributed by atoms with E-state index in [9.17, 15) is 0 Å². The van der Waals surface area contributed by atoms with E-state index in [4.69, 9.17) is 8.83 Å². The van der Waals surface area contributed by atoms with Gasteiger partial charge in [-0.25, -0.2) is 0 Å². The standard InChI is InChI=1S/C33H27NO2/c1-20(2)18-21-8-15-29-23(19-21)10-12-25-31(36-29)17-14-27-33(25)32-24-11-9-22-6-4-5-7-28(22)35-30(24)16-13-26(32)34(27)3/h4-17,19-20H,18H2,1-3H3. The highest BCUT2D eigenvalue weighted by molar-refractivity contribution is 6.27.